The van der Waals surface area contributed by atoms with Crippen LogP contribution in [0.2, 0.25) is 0 Å². The SMILES string of the molecule is COC1=C/C(=C/C=C2/C=CC=C/C2=N/S(=O)(=O)c2ccc(OC)cc2)C=CN1O. The van der Waals surface area contributed by atoms with Crippen LogP contribution in [-0.4, -0.2) is 38.6 Å². The third-order valence-electron chi connectivity index (χ3n) is 4.10. The zero-order valence-corrected chi connectivity index (χ0v) is 16.7. The van der Waals surface area contributed by atoms with Gasteiger partial charge in [-0.1, -0.05) is 30.4 Å². The quantitative estimate of drug-likeness (QED) is 0.796. The first kappa shape index (κ1) is 20.4. The van der Waals surface area contributed by atoms with Crippen LogP contribution in [0.5, 0.6) is 5.75 Å². The summed E-state index contributed by atoms with van der Waals surface area (Å²) < 4.78 is 39.4. The van der Waals surface area contributed by atoms with E-state index in [2.05, 4.69) is 4.40 Å². The molecule has 0 aromatic heterocycles. The van der Waals surface area contributed by atoms with Crippen molar-refractivity contribution in [3.8, 4) is 5.75 Å². The molecule has 8 heteroatoms. The molecule has 7 nitrogen and oxygen atoms in total. The van der Waals surface area contributed by atoms with Crippen molar-refractivity contribution in [3.63, 3.8) is 0 Å². The highest BCUT2D eigenvalue weighted by Gasteiger charge is 2.16. The summed E-state index contributed by atoms with van der Waals surface area (Å²) in [5.74, 6) is 0.835. The number of hydroxylamine groups is 2. The average molecular weight is 412 g/mol. The first-order valence-electron chi connectivity index (χ1n) is 8.61. The number of hydrogen-bond donors (Lipinski definition) is 1. The van der Waals surface area contributed by atoms with Gasteiger partial charge in [0, 0.05) is 17.8 Å². The van der Waals surface area contributed by atoms with Gasteiger partial charge in [-0.25, -0.2) is 0 Å². The normalized spacial score (nSPS) is 20.4. The molecule has 29 heavy (non-hydrogen) atoms. The number of nitrogens with zero attached hydrogens (tertiary/aromatic N) is 2. The number of sulfonamides is 1. The van der Waals surface area contributed by atoms with Gasteiger partial charge in [0.05, 0.1) is 24.8 Å². The van der Waals surface area contributed by atoms with Gasteiger partial charge in [0.15, 0.2) is 0 Å². The smallest absolute Gasteiger partial charge is 0.282 e. The van der Waals surface area contributed by atoms with E-state index in [-0.39, 0.29) is 10.8 Å². The Hall–Kier alpha value is -3.36. The van der Waals surface area contributed by atoms with Crippen LogP contribution in [-0.2, 0) is 14.8 Å². The number of benzene rings is 1. The lowest BCUT2D eigenvalue weighted by Gasteiger charge is -2.18. The van der Waals surface area contributed by atoms with Gasteiger partial charge < -0.3 is 9.47 Å². The molecule has 1 N–H and O–H groups in total. The van der Waals surface area contributed by atoms with Crippen molar-refractivity contribution >= 4 is 15.7 Å². The molecule has 0 fully saturated rings. The monoisotopic (exact) mass is 412 g/mol. The predicted molar refractivity (Wildman–Crippen MR) is 110 cm³/mol. The minimum Gasteiger partial charge on any atom is -0.497 e. The van der Waals surface area contributed by atoms with Crippen molar-refractivity contribution in [3.05, 3.63) is 96.1 Å². The Kier molecular flexibility index (Phi) is 6.16. The van der Waals surface area contributed by atoms with Crippen molar-refractivity contribution in [2.75, 3.05) is 14.2 Å². The Morgan fingerprint density at radius 1 is 1.00 bits per heavy atom. The van der Waals surface area contributed by atoms with Crippen LogP contribution in [0.3, 0.4) is 0 Å². The minimum absolute atomic E-state index is 0.0809. The predicted octanol–water partition coefficient (Wildman–Crippen LogP) is 3.51. The summed E-state index contributed by atoms with van der Waals surface area (Å²) in [6.07, 6.45) is 15.2. The molecule has 0 saturated carbocycles. The van der Waals surface area contributed by atoms with Crippen molar-refractivity contribution in [1.82, 2.24) is 5.06 Å². The van der Waals surface area contributed by atoms with Gasteiger partial charge in [0.1, 0.15) is 5.75 Å². The fourth-order valence-corrected chi connectivity index (χ4v) is 3.58. The van der Waals surface area contributed by atoms with Crippen LogP contribution in [0.4, 0.5) is 0 Å². The summed E-state index contributed by atoms with van der Waals surface area (Å²) in [5, 5.41) is 10.5. The highest BCUT2D eigenvalue weighted by Crippen LogP contribution is 2.20. The maximum absolute atomic E-state index is 12.7. The van der Waals surface area contributed by atoms with E-state index >= 15 is 0 Å². The van der Waals surface area contributed by atoms with E-state index in [1.165, 1.54) is 32.6 Å². The van der Waals surface area contributed by atoms with E-state index in [1.54, 1.807) is 60.7 Å². The summed E-state index contributed by atoms with van der Waals surface area (Å²) in [7, 11) is -0.916. The summed E-state index contributed by atoms with van der Waals surface area (Å²) in [6.45, 7) is 0. The first-order chi connectivity index (χ1) is 13.9. The Labute approximate surface area is 169 Å². The number of methoxy groups -OCH3 is 2. The zero-order valence-electron chi connectivity index (χ0n) is 15.9. The minimum atomic E-state index is -3.88. The maximum atomic E-state index is 12.7. The molecule has 3 rings (SSSR count). The molecule has 0 amide bonds. The molecule has 1 aliphatic carbocycles. The fourth-order valence-electron chi connectivity index (χ4n) is 2.57. The Morgan fingerprint density at radius 2 is 1.72 bits per heavy atom. The lowest BCUT2D eigenvalue weighted by Crippen LogP contribution is -2.15. The van der Waals surface area contributed by atoms with Crippen LogP contribution >= 0.6 is 0 Å². The molecular formula is C21H20N2O5S. The van der Waals surface area contributed by atoms with Crippen LogP contribution in [0, 0.1) is 0 Å². The third kappa shape index (κ3) is 4.92. The summed E-state index contributed by atoms with van der Waals surface area (Å²) in [6, 6.07) is 6.06. The van der Waals surface area contributed by atoms with Crippen LogP contribution < -0.4 is 4.74 Å². The van der Waals surface area contributed by atoms with Crippen LogP contribution in [0.25, 0.3) is 0 Å². The molecule has 2 aliphatic rings. The second-order valence-corrected chi connectivity index (χ2v) is 7.59. The molecular weight excluding hydrogens is 392 g/mol. The van der Waals surface area contributed by atoms with E-state index in [9.17, 15) is 13.6 Å². The van der Waals surface area contributed by atoms with Crippen molar-refractivity contribution in [2.24, 2.45) is 4.40 Å². The molecule has 150 valence electrons. The highest BCUT2D eigenvalue weighted by atomic mass is 32.2. The Morgan fingerprint density at radius 3 is 2.41 bits per heavy atom. The summed E-state index contributed by atoms with van der Waals surface area (Å²) >= 11 is 0. The van der Waals surface area contributed by atoms with E-state index in [0.717, 1.165) is 10.6 Å². The summed E-state index contributed by atoms with van der Waals surface area (Å²) in [4.78, 5) is 0.0809. The van der Waals surface area contributed by atoms with Gasteiger partial charge in [0.2, 0.25) is 5.88 Å². The number of allylic oxidation sites excluding steroid dienone is 10. The molecule has 1 heterocycles. The van der Waals surface area contributed by atoms with Crippen molar-refractivity contribution in [1.29, 1.82) is 0 Å². The lowest BCUT2D eigenvalue weighted by molar-refractivity contribution is -0.0571. The molecule has 1 aromatic carbocycles. The number of rotatable bonds is 5. The molecule has 1 aliphatic heterocycles. The number of ether oxygens (including phenoxy) is 2. The summed E-state index contributed by atoms with van der Waals surface area (Å²) in [5.41, 5.74) is 1.71. The van der Waals surface area contributed by atoms with Crippen LogP contribution in [0.1, 0.15) is 0 Å². The van der Waals surface area contributed by atoms with Gasteiger partial charge in [-0.3, -0.25) is 5.21 Å². The van der Waals surface area contributed by atoms with Crippen molar-refractivity contribution < 1.29 is 23.1 Å². The standard InChI is InChI=1S/C21H20N2O5S/c1-27-18-9-11-19(12-10-18)29(25,26)22-20-6-4-3-5-17(20)8-7-16-13-14-23(24)21(15-16)28-2/h3-15,24H,1-2H3/b16-7+,17-8-,22-20-. The van der Waals surface area contributed by atoms with Crippen LogP contribution in [0.15, 0.2) is 105 Å². The number of hydrogen-bond acceptors (Lipinski definition) is 6. The molecule has 0 spiro atoms. The largest absolute Gasteiger partial charge is 0.497 e. The second-order valence-electron chi connectivity index (χ2n) is 5.98. The third-order valence-corrected chi connectivity index (χ3v) is 5.41. The van der Waals surface area contributed by atoms with Gasteiger partial charge in [-0.05, 0) is 42.0 Å². The van der Waals surface area contributed by atoms with Gasteiger partial charge >= 0.3 is 0 Å². The van der Waals surface area contributed by atoms with Gasteiger partial charge in [0.25, 0.3) is 10.0 Å². The Balaban J connectivity index is 1.91. The van der Waals surface area contributed by atoms with E-state index < -0.39 is 10.0 Å². The lowest BCUT2D eigenvalue weighted by atomic mass is 10.0. The molecule has 0 radical (unpaired) electrons. The average Bonchev–Trinajstić information content (AvgIpc) is 2.74. The highest BCUT2D eigenvalue weighted by molar-refractivity contribution is 7.90. The Bertz CT molecular complexity index is 1090. The molecule has 0 saturated heterocycles. The molecule has 0 atom stereocenters. The molecule has 0 bridgehead atoms. The topological polar surface area (TPSA) is 88.4 Å². The molecule has 1 aromatic rings. The second kappa shape index (κ2) is 8.76. The van der Waals surface area contributed by atoms with E-state index in [0.29, 0.717) is 17.0 Å². The van der Waals surface area contributed by atoms with E-state index in [1.807, 2.05) is 0 Å². The van der Waals surface area contributed by atoms with Gasteiger partial charge in [-0.15, -0.1) is 0 Å². The molecule has 0 unspecified atom stereocenters. The first-order valence-corrected chi connectivity index (χ1v) is 10.0. The maximum Gasteiger partial charge on any atom is 0.282 e. The van der Waals surface area contributed by atoms with E-state index in [4.69, 9.17) is 9.47 Å². The fraction of sp³-hybridized carbons (Fsp3) is 0.0952. The van der Waals surface area contributed by atoms with Crippen molar-refractivity contribution in [2.45, 2.75) is 4.90 Å². The zero-order chi connectivity index (χ0) is 20.9. The van der Waals surface area contributed by atoms with Gasteiger partial charge in [-0.2, -0.15) is 17.9 Å².